The Kier molecular flexibility index (Phi) is 6.40. The van der Waals surface area contributed by atoms with Gasteiger partial charge in [-0.2, -0.15) is 0 Å². The Labute approximate surface area is 171 Å². The molecule has 1 saturated heterocycles. The van der Waals surface area contributed by atoms with Gasteiger partial charge in [-0.05, 0) is 47.7 Å². The van der Waals surface area contributed by atoms with Crippen LogP contribution in [0.25, 0.3) is 6.08 Å². The monoisotopic (exact) mass is 414 g/mol. The highest BCUT2D eigenvalue weighted by atomic mass is 32.2. The first-order valence-electron chi connectivity index (χ1n) is 8.48. The molecule has 2 aromatic carbocycles. The molecule has 1 aliphatic rings. The number of thioether (sulfide) groups is 1. The number of hydrogen-bond acceptors (Lipinski definition) is 7. The third kappa shape index (κ3) is 5.08. The summed E-state index contributed by atoms with van der Waals surface area (Å²) in [5.41, 5.74) is 1.19. The fourth-order valence-corrected chi connectivity index (χ4v) is 3.23. The average Bonchev–Trinajstić information content (AvgIpc) is 3.03. The number of rotatable bonds is 7. The molecule has 0 unspecified atom stereocenters. The maximum absolute atomic E-state index is 12.2. The Morgan fingerprint density at radius 1 is 1.07 bits per heavy atom. The number of imide groups is 1. The van der Waals surface area contributed by atoms with Crippen molar-refractivity contribution in [3.63, 3.8) is 0 Å². The molecule has 3 amide bonds. The van der Waals surface area contributed by atoms with Gasteiger partial charge in [0.1, 0.15) is 5.75 Å². The number of benzene rings is 2. The molecule has 0 saturated carbocycles. The minimum atomic E-state index is -0.438. The average molecular weight is 414 g/mol. The molecule has 0 aromatic heterocycles. The van der Waals surface area contributed by atoms with Crippen molar-refractivity contribution < 1.29 is 28.6 Å². The minimum absolute atomic E-state index is 0.235. The fraction of sp³-hybridized carbons (Fsp3) is 0.150. The van der Waals surface area contributed by atoms with Crippen molar-refractivity contribution in [1.82, 2.24) is 5.32 Å². The van der Waals surface area contributed by atoms with Gasteiger partial charge in [-0.3, -0.25) is 19.7 Å². The number of methoxy groups -OCH3 is 2. The van der Waals surface area contributed by atoms with Crippen LogP contribution in [0.3, 0.4) is 0 Å². The molecule has 1 heterocycles. The van der Waals surface area contributed by atoms with Gasteiger partial charge in [-0.25, -0.2) is 0 Å². The highest BCUT2D eigenvalue weighted by Crippen LogP contribution is 2.31. The molecule has 3 rings (SSSR count). The van der Waals surface area contributed by atoms with Gasteiger partial charge in [0.2, 0.25) is 0 Å². The third-order valence-electron chi connectivity index (χ3n) is 3.87. The van der Waals surface area contributed by atoms with E-state index in [0.717, 1.165) is 11.8 Å². The van der Waals surface area contributed by atoms with E-state index in [9.17, 15) is 14.4 Å². The number of amides is 3. The summed E-state index contributed by atoms with van der Waals surface area (Å²) >= 11 is 0.830. The van der Waals surface area contributed by atoms with Gasteiger partial charge < -0.3 is 19.5 Å². The molecule has 1 aliphatic heterocycles. The van der Waals surface area contributed by atoms with Crippen LogP contribution in [-0.2, 0) is 9.59 Å². The normalized spacial score (nSPS) is 14.5. The zero-order valence-electron chi connectivity index (χ0n) is 15.7. The molecule has 8 nitrogen and oxygen atoms in total. The molecule has 1 fully saturated rings. The molecule has 0 atom stereocenters. The highest BCUT2D eigenvalue weighted by Gasteiger charge is 2.25. The standard InChI is InChI=1S/C20H18N2O6S/c1-26-14-6-4-3-5-13(14)21-18(23)11-28-15-8-7-12(9-16(15)27-2)10-17-19(24)22-20(25)29-17/h3-10H,11H2,1-2H3,(H,21,23)(H,22,24,25)/b17-10-. The maximum atomic E-state index is 12.2. The topological polar surface area (TPSA) is 103 Å². The van der Waals surface area contributed by atoms with E-state index in [4.69, 9.17) is 14.2 Å². The van der Waals surface area contributed by atoms with Crippen LogP contribution >= 0.6 is 11.8 Å². The van der Waals surface area contributed by atoms with Gasteiger partial charge in [-0.1, -0.05) is 18.2 Å². The second-order valence-electron chi connectivity index (χ2n) is 5.80. The number of carbonyl (C=O) groups is 3. The summed E-state index contributed by atoms with van der Waals surface area (Å²) in [5.74, 6) is 0.499. The first-order valence-corrected chi connectivity index (χ1v) is 9.30. The van der Waals surface area contributed by atoms with E-state index in [1.165, 1.54) is 14.2 Å². The summed E-state index contributed by atoms with van der Waals surface area (Å²) < 4.78 is 16.1. The summed E-state index contributed by atoms with van der Waals surface area (Å²) in [7, 11) is 2.99. The molecule has 0 bridgehead atoms. The number of nitrogens with one attached hydrogen (secondary N) is 2. The van der Waals surface area contributed by atoms with Gasteiger partial charge in [0.25, 0.3) is 17.1 Å². The smallest absolute Gasteiger partial charge is 0.290 e. The van der Waals surface area contributed by atoms with Crippen LogP contribution in [0.1, 0.15) is 5.56 Å². The van der Waals surface area contributed by atoms with Crippen molar-refractivity contribution in [3.05, 3.63) is 52.9 Å². The van der Waals surface area contributed by atoms with Crippen LogP contribution in [0.5, 0.6) is 17.2 Å². The Morgan fingerprint density at radius 2 is 1.83 bits per heavy atom. The molecule has 0 spiro atoms. The molecule has 29 heavy (non-hydrogen) atoms. The van der Waals surface area contributed by atoms with E-state index in [1.54, 1.807) is 48.5 Å². The van der Waals surface area contributed by atoms with Gasteiger partial charge >= 0.3 is 0 Å². The lowest BCUT2D eigenvalue weighted by Crippen LogP contribution is -2.20. The van der Waals surface area contributed by atoms with Crippen molar-refractivity contribution in [1.29, 1.82) is 0 Å². The predicted molar refractivity (Wildman–Crippen MR) is 109 cm³/mol. The van der Waals surface area contributed by atoms with E-state index in [0.29, 0.717) is 33.4 Å². The first-order chi connectivity index (χ1) is 14.0. The van der Waals surface area contributed by atoms with Gasteiger partial charge in [0.15, 0.2) is 18.1 Å². The largest absolute Gasteiger partial charge is 0.495 e. The summed E-state index contributed by atoms with van der Waals surface area (Å²) in [6.07, 6.45) is 1.57. The molecule has 0 aliphatic carbocycles. The molecule has 0 radical (unpaired) electrons. The van der Waals surface area contributed by atoms with E-state index in [2.05, 4.69) is 10.6 Å². The minimum Gasteiger partial charge on any atom is -0.495 e. The first kappa shape index (κ1) is 20.3. The van der Waals surface area contributed by atoms with Crippen molar-refractivity contribution in [3.8, 4) is 17.2 Å². The number of para-hydroxylation sites is 2. The quantitative estimate of drug-likeness (QED) is 0.671. The van der Waals surface area contributed by atoms with Crippen molar-refractivity contribution in [2.24, 2.45) is 0 Å². The SMILES string of the molecule is COc1ccccc1NC(=O)COc1ccc(/C=C2\SC(=O)NC2=O)cc1OC. The number of ether oxygens (including phenoxy) is 3. The Morgan fingerprint density at radius 3 is 2.52 bits per heavy atom. The van der Waals surface area contributed by atoms with E-state index >= 15 is 0 Å². The zero-order chi connectivity index (χ0) is 20.8. The van der Waals surface area contributed by atoms with Gasteiger partial charge in [0, 0.05) is 0 Å². The Bertz CT molecular complexity index is 989. The van der Waals surface area contributed by atoms with Crippen LogP contribution in [0.4, 0.5) is 10.5 Å². The molecular formula is C20H18N2O6S. The fourth-order valence-electron chi connectivity index (χ4n) is 2.54. The molecule has 150 valence electrons. The maximum Gasteiger partial charge on any atom is 0.290 e. The molecule has 9 heteroatoms. The van der Waals surface area contributed by atoms with Gasteiger partial charge in [0.05, 0.1) is 24.8 Å². The van der Waals surface area contributed by atoms with Gasteiger partial charge in [-0.15, -0.1) is 0 Å². The Balaban J connectivity index is 1.66. The highest BCUT2D eigenvalue weighted by molar-refractivity contribution is 8.18. The summed E-state index contributed by atoms with van der Waals surface area (Å²) in [6.45, 7) is -0.235. The third-order valence-corrected chi connectivity index (χ3v) is 4.68. The van der Waals surface area contributed by atoms with Crippen LogP contribution in [-0.4, -0.2) is 37.9 Å². The van der Waals surface area contributed by atoms with Crippen LogP contribution in [0, 0.1) is 0 Å². The lowest BCUT2D eigenvalue weighted by molar-refractivity contribution is -0.118. The van der Waals surface area contributed by atoms with Crippen molar-refractivity contribution in [2.75, 3.05) is 26.1 Å². The second kappa shape index (κ2) is 9.16. The number of carbonyl (C=O) groups excluding carboxylic acids is 3. The van der Waals surface area contributed by atoms with E-state index < -0.39 is 11.1 Å². The number of anilines is 1. The second-order valence-corrected chi connectivity index (χ2v) is 6.81. The lowest BCUT2D eigenvalue weighted by Gasteiger charge is -2.13. The Hall–Kier alpha value is -3.46. The van der Waals surface area contributed by atoms with E-state index in [1.807, 2.05) is 0 Å². The van der Waals surface area contributed by atoms with Crippen molar-refractivity contribution in [2.45, 2.75) is 0 Å². The molecule has 2 N–H and O–H groups in total. The van der Waals surface area contributed by atoms with Crippen LogP contribution in [0.15, 0.2) is 47.4 Å². The molecule has 2 aromatic rings. The summed E-state index contributed by atoms with van der Waals surface area (Å²) in [6, 6.07) is 12.0. The van der Waals surface area contributed by atoms with Crippen molar-refractivity contribution >= 4 is 40.6 Å². The summed E-state index contributed by atoms with van der Waals surface area (Å²) in [4.78, 5) is 35.4. The zero-order valence-corrected chi connectivity index (χ0v) is 16.5. The predicted octanol–water partition coefficient (Wildman–Crippen LogP) is 3.05. The van der Waals surface area contributed by atoms with E-state index in [-0.39, 0.29) is 12.5 Å². The molecular weight excluding hydrogens is 396 g/mol. The lowest BCUT2D eigenvalue weighted by atomic mass is 10.2. The van der Waals surface area contributed by atoms with Crippen LogP contribution < -0.4 is 24.8 Å². The summed E-state index contributed by atoms with van der Waals surface area (Å²) in [5, 5.41) is 4.51. The number of hydrogen-bond donors (Lipinski definition) is 2. The van der Waals surface area contributed by atoms with Crippen LogP contribution in [0.2, 0.25) is 0 Å².